The fraction of sp³-hybridized carbons (Fsp3) is 0.0909. The second-order valence-corrected chi connectivity index (χ2v) is 5.85. The van der Waals surface area contributed by atoms with Crippen molar-refractivity contribution in [2.75, 3.05) is 5.73 Å². The minimum atomic E-state index is 0.519. The Labute approximate surface area is 115 Å². The molecule has 16 heavy (non-hydrogen) atoms. The Morgan fingerprint density at radius 3 is 2.62 bits per heavy atom. The fourth-order valence-electron chi connectivity index (χ4n) is 1.24. The summed E-state index contributed by atoms with van der Waals surface area (Å²) in [7, 11) is 0. The number of nitrogens with two attached hydrogens (primary N) is 1. The minimum absolute atomic E-state index is 0.519. The second kappa shape index (κ2) is 5.21. The number of benzene rings is 1. The molecule has 0 aliphatic heterocycles. The zero-order valence-corrected chi connectivity index (χ0v) is 12.2. The normalized spacial score (nSPS) is 10.4. The summed E-state index contributed by atoms with van der Waals surface area (Å²) in [5.41, 5.74) is 6.48. The number of rotatable bonds is 3. The van der Waals surface area contributed by atoms with E-state index in [2.05, 4.69) is 31.9 Å². The highest BCUT2D eigenvalue weighted by molar-refractivity contribution is 9.10. The first kappa shape index (κ1) is 12.0. The maximum atomic E-state index is 5.84. The molecule has 0 atom stereocenters. The van der Waals surface area contributed by atoms with E-state index in [-0.39, 0.29) is 0 Å². The maximum absolute atomic E-state index is 5.84. The molecule has 1 heterocycles. The molecule has 0 saturated heterocycles. The molecule has 1 aromatic carbocycles. The Kier molecular flexibility index (Phi) is 3.89. The summed E-state index contributed by atoms with van der Waals surface area (Å²) < 4.78 is 7.65. The van der Waals surface area contributed by atoms with Gasteiger partial charge in [-0.05, 0) is 55.4 Å². The van der Waals surface area contributed by atoms with Gasteiger partial charge >= 0.3 is 0 Å². The molecule has 0 aliphatic carbocycles. The van der Waals surface area contributed by atoms with Gasteiger partial charge in [0.25, 0.3) is 0 Å². The van der Waals surface area contributed by atoms with E-state index >= 15 is 0 Å². The van der Waals surface area contributed by atoms with Crippen LogP contribution in [0.2, 0.25) is 0 Å². The third kappa shape index (κ3) is 2.59. The topological polar surface area (TPSA) is 35.2 Å². The van der Waals surface area contributed by atoms with Crippen molar-refractivity contribution in [3.63, 3.8) is 0 Å². The van der Waals surface area contributed by atoms with E-state index in [0.29, 0.717) is 18.0 Å². The van der Waals surface area contributed by atoms with E-state index in [4.69, 9.17) is 10.5 Å². The van der Waals surface area contributed by atoms with Gasteiger partial charge in [0.2, 0.25) is 0 Å². The number of para-hydroxylation sites is 1. The summed E-state index contributed by atoms with van der Waals surface area (Å²) in [5, 5.41) is 2.02. The highest BCUT2D eigenvalue weighted by Crippen LogP contribution is 2.32. The maximum Gasteiger partial charge on any atom is 0.156 e. The van der Waals surface area contributed by atoms with Crippen LogP contribution in [0.15, 0.2) is 38.6 Å². The zero-order valence-electron chi connectivity index (χ0n) is 8.24. The quantitative estimate of drug-likeness (QED) is 0.819. The van der Waals surface area contributed by atoms with Crippen molar-refractivity contribution in [3.05, 3.63) is 43.5 Å². The van der Waals surface area contributed by atoms with Crippen LogP contribution in [-0.2, 0) is 6.61 Å². The largest absolute Gasteiger partial charge is 0.485 e. The van der Waals surface area contributed by atoms with Gasteiger partial charge in [0, 0.05) is 4.47 Å². The predicted octanol–water partition coefficient (Wildman–Crippen LogP) is 4.43. The number of nitrogen functional groups attached to an aromatic ring is 1. The summed E-state index contributed by atoms with van der Waals surface area (Å²) >= 11 is 8.53. The van der Waals surface area contributed by atoms with Gasteiger partial charge in [-0.25, -0.2) is 0 Å². The molecule has 84 valence electrons. The average Bonchev–Trinajstić information content (AvgIpc) is 2.64. The number of thiophene rings is 1. The van der Waals surface area contributed by atoms with Crippen LogP contribution in [0.25, 0.3) is 0 Å². The van der Waals surface area contributed by atoms with Gasteiger partial charge < -0.3 is 10.5 Å². The molecule has 0 bridgehead atoms. The Morgan fingerprint density at radius 1 is 1.19 bits per heavy atom. The standard InChI is InChI=1S/C11H9Br2NOS/c12-7-4-5-16-10(7)6-15-11-8(13)2-1-3-9(11)14/h1-5H,6,14H2. The molecule has 0 aliphatic rings. The molecule has 0 amide bonds. The zero-order chi connectivity index (χ0) is 11.5. The summed E-state index contributed by atoms with van der Waals surface area (Å²) in [4.78, 5) is 1.15. The first-order valence-electron chi connectivity index (χ1n) is 4.57. The summed E-state index contributed by atoms with van der Waals surface area (Å²) in [5.74, 6) is 0.697. The molecule has 2 rings (SSSR count). The van der Waals surface area contributed by atoms with Gasteiger partial charge in [0.05, 0.1) is 15.0 Å². The number of halogens is 2. The minimum Gasteiger partial charge on any atom is -0.485 e. The van der Waals surface area contributed by atoms with Crippen LogP contribution < -0.4 is 10.5 Å². The van der Waals surface area contributed by atoms with Crippen molar-refractivity contribution in [3.8, 4) is 5.75 Å². The van der Waals surface area contributed by atoms with Crippen LogP contribution in [0, 0.1) is 0 Å². The van der Waals surface area contributed by atoms with Crippen molar-refractivity contribution >= 4 is 48.9 Å². The van der Waals surface area contributed by atoms with E-state index < -0.39 is 0 Å². The monoisotopic (exact) mass is 361 g/mol. The average molecular weight is 363 g/mol. The van der Waals surface area contributed by atoms with Crippen molar-refractivity contribution in [2.45, 2.75) is 6.61 Å². The fourth-order valence-corrected chi connectivity index (χ4v) is 3.12. The van der Waals surface area contributed by atoms with Crippen LogP contribution in [-0.4, -0.2) is 0 Å². The van der Waals surface area contributed by atoms with Gasteiger partial charge in [-0.3, -0.25) is 0 Å². The molecule has 0 fully saturated rings. The second-order valence-electron chi connectivity index (χ2n) is 3.14. The lowest BCUT2D eigenvalue weighted by Gasteiger charge is -2.09. The van der Waals surface area contributed by atoms with Gasteiger partial charge in [-0.1, -0.05) is 6.07 Å². The lowest BCUT2D eigenvalue weighted by atomic mass is 10.3. The van der Waals surface area contributed by atoms with E-state index in [9.17, 15) is 0 Å². The number of ether oxygens (including phenoxy) is 1. The Hall–Kier alpha value is -0.520. The summed E-state index contributed by atoms with van der Waals surface area (Å²) in [6.07, 6.45) is 0. The third-order valence-corrected chi connectivity index (χ3v) is 4.56. The third-order valence-electron chi connectivity index (χ3n) is 2.04. The van der Waals surface area contributed by atoms with Crippen molar-refractivity contribution < 1.29 is 4.74 Å². The molecule has 0 spiro atoms. The smallest absolute Gasteiger partial charge is 0.156 e. The molecule has 5 heteroatoms. The SMILES string of the molecule is Nc1cccc(Br)c1OCc1sccc1Br. The Morgan fingerprint density at radius 2 is 2.00 bits per heavy atom. The first-order valence-corrected chi connectivity index (χ1v) is 7.03. The van der Waals surface area contributed by atoms with Gasteiger partial charge in [-0.15, -0.1) is 11.3 Å². The van der Waals surface area contributed by atoms with Crippen LogP contribution in [0.4, 0.5) is 5.69 Å². The van der Waals surface area contributed by atoms with Gasteiger partial charge in [0.1, 0.15) is 6.61 Å². The molecular weight excluding hydrogens is 354 g/mol. The van der Waals surface area contributed by atoms with Crippen molar-refractivity contribution in [1.82, 2.24) is 0 Å². The van der Waals surface area contributed by atoms with E-state index in [0.717, 1.165) is 13.8 Å². The summed E-state index contributed by atoms with van der Waals surface area (Å²) in [6, 6.07) is 7.62. The van der Waals surface area contributed by atoms with Gasteiger partial charge in [-0.2, -0.15) is 0 Å². The molecular formula is C11H9Br2NOS. The Balaban J connectivity index is 2.14. The highest BCUT2D eigenvalue weighted by atomic mass is 79.9. The molecule has 2 N–H and O–H groups in total. The Bertz CT molecular complexity index is 478. The molecule has 2 aromatic rings. The summed E-state index contributed by atoms with van der Waals surface area (Å²) in [6.45, 7) is 0.519. The molecule has 0 saturated carbocycles. The number of anilines is 1. The van der Waals surface area contributed by atoms with Crippen LogP contribution in [0.5, 0.6) is 5.75 Å². The van der Waals surface area contributed by atoms with E-state index in [1.807, 2.05) is 29.6 Å². The lowest BCUT2D eigenvalue weighted by molar-refractivity contribution is 0.309. The molecule has 2 nitrogen and oxygen atoms in total. The predicted molar refractivity (Wildman–Crippen MR) is 74.9 cm³/mol. The number of hydrogen-bond donors (Lipinski definition) is 1. The van der Waals surface area contributed by atoms with Crippen LogP contribution >= 0.6 is 43.2 Å². The van der Waals surface area contributed by atoms with E-state index in [1.54, 1.807) is 11.3 Å². The van der Waals surface area contributed by atoms with E-state index in [1.165, 1.54) is 0 Å². The number of hydrogen-bond acceptors (Lipinski definition) is 3. The molecule has 0 radical (unpaired) electrons. The lowest BCUT2D eigenvalue weighted by Crippen LogP contribution is -1.98. The van der Waals surface area contributed by atoms with Crippen molar-refractivity contribution in [2.24, 2.45) is 0 Å². The highest BCUT2D eigenvalue weighted by Gasteiger charge is 2.07. The van der Waals surface area contributed by atoms with Crippen LogP contribution in [0.3, 0.4) is 0 Å². The molecule has 0 unspecified atom stereocenters. The van der Waals surface area contributed by atoms with Crippen LogP contribution in [0.1, 0.15) is 4.88 Å². The van der Waals surface area contributed by atoms with Crippen molar-refractivity contribution in [1.29, 1.82) is 0 Å². The van der Waals surface area contributed by atoms with Gasteiger partial charge in [0.15, 0.2) is 5.75 Å². The first-order chi connectivity index (χ1) is 7.68. The molecule has 1 aromatic heterocycles.